The molecule has 3 aromatic carbocycles. The molecule has 173 valence electrons. The zero-order chi connectivity index (χ0) is 23.1. The van der Waals surface area contributed by atoms with Crippen LogP contribution in [-0.4, -0.2) is 10.1 Å². The Morgan fingerprint density at radius 2 is 1.38 bits per heavy atom. The monoisotopic (exact) mass is 625 g/mol. The Labute approximate surface area is 214 Å². The molecule has 0 aliphatic heterocycles. The van der Waals surface area contributed by atoms with Crippen molar-refractivity contribution in [1.29, 1.82) is 0 Å². The number of aromatic nitrogens is 2. The van der Waals surface area contributed by atoms with Crippen LogP contribution in [0.25, 0.3) is 22.2 Å². The summed E-state index contributed by atoms with van der Waals surface area (Å²) in [5.74, 6) is 0. The fourth-order valence-electron chi connectivity index (χ4n) is 4.60. The summed E-state index contributed by atoms with van der Waals surface area (Å²) in [6.45, 7) is 10.6. The van der Waals surface area contributed by atoms with E-state index < -0.39 is 0 Å². The third-order valence-electron chi connectivity index (χ3n) is 6.20. The third-order valence-corrected chi connectivity index (χ3v) is 6.20. The van der Waals surface area contributed by atoms with Crippen molar-refractivity contribution in [2.75, 3.05) is 4.90 Å². The van der Waals surface area contributed by atoms with Gasteiger partial charge >= 0.3 is 0 Å². The van der Waals surface area contributed by atoms with Gasteiger partial charge in [-0.15, -0.1) is 18.2 Å². The zero-order valence-corrected chi connectivity index (χ0v) is 22.3. The van der Waals surface area contributed by atoms with E-state index in [1.54, 1.807) is 0 Å². The minimum absolute atomic E-state index is 0. The molecule has 0 N–H and O–H groups in total. The Morgan fingerprint density at radius 1 is 0.794 bits per heavy atom. The second-order valence-corrected chi connectivity index (χ2v) is 8.58. The van der Waals surface area contributed by atoms with Crippen LogP contribution in [0, 0.1) is 40.7 Å². The van der Waals surface area contributed by atoms with Crippen LogP contribution < -0.4 is 4.90 Å². The summed E-state index contributed by atoms with van der Waals surface area (Å²) < 4.78 is 5.65. The van der Waals surface area contributed by atoms with Gasteiger partial charge in [0.2, 0.25) is 0 Å². The molecule has 0 fully saturated rings. The number of rotatable bonds is 4. The fourth-order valence-corrected chi connectivity index (χ4v) is 4.60. The van der Waals surface area contributed by atoms with Gasteiger partial charge in [0.15, 0.2) is 0 Å². The first-order valence-corrected chi connectivity index (χ1v) is 11.1. The number of para-hydroxylation sites is 2. The molecule has 34 heavy (non-hydrogen) atoms. The van der Waals surface area contributed by atoms with Gasteiger partial charge in [0.25, 0.3) is 0 Å². The molecule has 0 amide bonds. The van der Waals surface area contributed by atoms with Crippen LogP contribution in [0.1, 0.15) is 27.9 Å². The number of hydrogen-bond acceptors (Lipinski definition) is 4. The summed E-state index contributed by atoms with van der Waals surface area (Å²) in [4.78, 5) is 7.04. The van der Waals surface area contributed by atoms with Gasteiger partial charge in [0.1, 0.15) is 0 Å². The normalized spacial score (nSPS) is 10.9. The molecule has 5 rings (SSSR count). The summed E-state index contributed by atoms with van der Waals surface area (Å²) in [5, 5.41) is 5.13. The van der Waals surface area contributed by atoms with E-state index in [2.05, 4.69) is 97.3 Å². The van der Waals surface area contributed by atoms with E-state index in [9.17, 15) is 0 Å². The van der Waals surface area contributed by atoms with Gasteiger partial charge in [-0.05, 0) is 74.0 Å². The molecule has 0 aliphatic rings. The molecule has 0 saturated heterocycles. The average molecular weight is 625 g/mol. The van der Waals surface area contributed by atoms with Crippen LogP contribution in [0.5, 0.6) is 0 Å². The van der Waals surface area contributed by atoms with E-state index in [1.807, 2.05) is 25.3 Å². The molecule has 1 radical (unpaired) electrons. The molecule has 0 atom stereocenters. The van der Waals surface area contributed by atoms with Crippen molar-refractivity contribution in [2.45, 2.75) is 34.6 Å². The van der Waals surface area contributed by atoms with Crippen LogP contribution in [0.3, 0.4) is 0 Å². The van der Waals surface area contributed by atoms with E-state index in [0.29, 0.717) is 5.58 Å². The van der Waals surface area contributed by atoms with Crippen molar-refractivity contribution in [3.8, 4) is 11.3 Å². The Bertz CT molecular complexity index is 1400. The maximum Gasteiger partial charge on any atom is 0.0831 e. The van der Waals surface area contributed by atoms with Crippen LogP contribution >= 0.6 is 0 Å². The smallest absolute Gasteiger partial charge is 0.0831 e. The molecule has 0 unspecified atom stereocenters. The average Bonchev–Trinajstić information content (AvgIpc) is 3.19. The minimum atomic E-state index is 0. The zero-order valence-electron chi connectivity index (χ0n) is 19.9. The van der Waals surface area contributed by atoms with E-state index in [4.69, 9.17) is 4.52 Å². The van der Waals surface area contributed by atoms with Gasteiger partial charge in [0, 0.05) is 32.0 Å². The van der Waals surface area contributed by atoms with Crippen LogP contribution in [0.4, 0.5) is 17.1 Å². The first-order valence-electron chi connectivity index (χ1n) is 11.1. The fraction of sp³-hybridized carbons (Fsp3) is 0.172. The number of aryl methyl sites for hydroxylation is 5. The predicted molar refractivity (Wildman–Crippen MR) is 134 cm³/mol. The Balaban J connectivity index is 0.00000274. The van der Waals surface area contributed by atoms with E-state index in [0.717, 1.165) is 28.0 Å². The number of hydrogen-bond donors (Lipinski definition) is 0. The van der Waals surface area contributed by atoms with Gasteiger partial charge < -0.3 is 14.4 Å². The topological polar surface area (TPSA) is 42.2 Å². The number of nitrogens with zero attached hydrogens (tertiary/aromatic N) is 3. The van der Waals surface area contributed by atoms with Crippen LogP contribution in [0.2, 0.25) is 0 Å². The maximum absolute atomic E-state index is 5.65. The molecule has 0 aliphatic carbocycles. The Hall–Kier alpha value is -3.27. The second kappa shape index (κ2) is 9.53. The first kappa shape index (κ1) is 23.9. The standard InChI is InChI=1S/C29H26N3O.Ir/c1-18-9-6-10-19(2)27(18)32(28-20(3)11-7-12-21(28)4)23-15-16-30-26(17-23)25-14-8-13-24-22(5)31-33-29(24)25;/h6-13,15-17H,1-5H3;/q-1;. The van der Waals surface area contributed by atoms with Crippen molar-refractivity contribution in [3.05, 3.63) is 101 Å². The first-order chi connectivity index (χ1) is 16.0. The summed E-state index contributed by atoms with van der Waals surface area (Å²) in [5.41, 5.74) is 11.5. The molecule has 0 saturated carbocycles. The molecular formula is C29H26IrN3O-. The molecular weight excluding hydrogens is 599 g/mol. The predicted octanol–water partition coefficient (Wildman–Crippen LogP) is 7.70. The van der Waals surface area contributed by atoms with Gasteiger partial charge in [-0.25, -0.2) is 0 Å². The Morgan fingerprint density at radius 3 is 1.97 bits per heavy atom. The largest absolute Gasteiger partial charge is 0.403 e. The quantitative estimate of drug-likeness (QED) is 0.192. The number of benzene rings is 3. The number of anilines is 3. The Kier molecular flexibility index (Phi) is 6.69. The van der Waals surface area contributed by atoms with E-state index in [-0.39, 0.29) is 20.1 Å². The van der Waals surface area contributed by atoms with E-state index in [1.165, 1.54) is 33.6 Å². The van der Waals surface area contributed by atoms with Crippen molar-refractivity contribution in [2.24, 2.45) is 0 Å². The minimum Gasteiger partial charge on any atom is -0.403 e. The van der Waals surface area contributed by atoms with Crippen molar-refractivity contribution in [3.63, 3.8) is 0 Å². The molecule has 4 nitrogen and oxygen atoms in total. The second-order valence-electron chi connectivity index (χ2n) is 8.58. The van der Waals surface area contributed by atoms with Crippen LogP contribution in [-0.2, 0) is 20.1 Å². The molecule has 5 heteroatoms. The molecule has 0 spiro atoms. The summed E-state index contributed by atoms with van der Waals surface area (Å²) in [6, 6.07) is 24.3. The van der Waals surface area contributed by atoms with Gasteiger partial charge in [-0.1, -0.05) is 53.2 Å². The van der Waals surface area contributed by atoms with Crippen molar-refractivity contribution < 1.29 is 24.6 Å². The molecule has 0 bridgehead atoms. The van der Waals surface area contributed by atoms with Crippen molar-refractivity contribution in [1.82, 2.24) is 10.1 Å². The summed E-state index contributed by atoms with van der Waals surface area (Å²) in [7, 11) is 0. The maximum atomic E-state index is 5.65. The number of pyridine rings is 1. The molecule has 2 aromatic heterocycles. The van der Waals surface area contributed by atoms with Gasteiger partial charge in [-0.3, -0.25) is 0 Å². The van der Waals surface area contributed by atoms with E-state index >= 15 is 0 Å². The summed E-state index contributed by atoms with van der Waals surface area (Å²) >= 11 is 0. The van der Waals surface area contributed by atoms with Gasteiger partial charge in [0.05, 0.1) is 22.7 Å². The molecule has 2 heterocycles. The molecule has 5 aromatic rings. The van der Waals surface area contributed by atoms with Gasteiger partial charge in [-0.2, -0.15) is 0 Å². The SMILES string of the molecule is Cc1cccc(C)c1N(c1ccnc(-c2[c-]ccc3c(C)noc23)c1)c1c(C)cccc1C.[Ir]. The number of fused-ring (bicyclic) bond motifs is 1. The third kappa shape index (κ3) is 4.06. The van der Waals surface area contributed by atoms with Crippen molar-refractivity contribution >= 4 is 28.0 Å². The summed E-state index contributed by atoms with van der Waals surface area (Å²) in [6.07, 6.45) is 1.86. The van der Waals surface area contributed by atoms with Crippen LogP contribution in [0.15, 0.2) is 71.4 Å².